The molecule has 2 heterocycles. The van der Waals surface area contributed by atoms with Crippen LogP contribution in [0.25, 0.3) is 6.08 Å². The summed E-state index contributed by atoms with van der Waals surface area (Å²) < 4.78 is 0. The molecule has 0 saturated carbocycles. The van der Waals surface area contributed by atoms with E-state index in [9.17, 15) is 4.79 Å². The highest BCUT2D eigenvalue weighted by Crippen LogP contribution is 2.36. The molecule has 3 aromatic rings. The summed E-state index contributed by atoms with van der Waals surface area (Å²) in [6.45, 7) is 0. The summed E-state index contributed by atoms with van der Waals surface area (Å²) in [5.74, 6) is -0.213. The molecule has 1 fully saturated rings. The van der Waals surface area contributed by atoms with Crippen molar-refractivity contribution >= 4 is 40.7 Å². The maximum Gasteiger partial charge on any atom is 0.273 e. The number of benzene rings is 3. The van der Waals surface area contributed by atoms with Gasteiger partial charge in [-0.15, -0.1) is 0 Å². The normalized spacial score (nSPS) is 19.4. The summed E-state index contributed by atoms with van der Waals surface area (Å²) >= 11 is 4.99. The van der Waals surface area contributed by atoms with Gasteiger partial charge in [0.25, 0.3) is 5.91 Å². The Kier molecular flexibility index (Phi) is 5.06. The zero-order chi connectivity index (χ0) is 21.2. The number of nitrogens with one attached hydrogen (secondary N) is 2. The van der Waals surface area contributed by atoms with E-state index in [-0.39, 0.29) is 11.9 Å². The molecule has 31 heavy (non-hydrogen) atoms. The molecule has 3 aromatic carbocycles. The second kappa shape index (κ2) is 8.16. The molecule has 0 aromatic heterocycles. The number of hydrogen-bond acceptors (Lipinski definition) is 4. The maximum atomic E-state index is 11.9. The molecule has 0 spiro atoms. The van der Waals surface area contributed by atoms with Gasteiger partial charge in [-0.05, 0) is 47.1 Å². The molecule has 0 aliphatic carbocycles. The highest BCUT2D eigenvalue weighted by atomic mass is 32.1. The van der Waals surface area contributed by atoms with Crippen molar-refractivity contribution in [3.63, 3.8) is 0 Å². The lowest BCUT2D eigenvalue weighted by molar-refractivity contribution is -0.115. The fourth-order valence-corrected chi connectivity index (χ4v) is 4.06. The molecule has 1 saturated heterocycles. The van der Waals surface area contributed by atoms with Crippen molar-refractivity contribution in [2.24, 2.45) is 5.10 Å². The van der Waals surface area contributed by atoms with Crippen LogP contribution in [0.1, 0.15) is 29.2 Å². The molecule has 2 N–H and O–H groups in total. The zero-order valence-corrected chi connectivity index (χ0v) is 17.5. The van der Waals surface area contributed by atoms with E-state index in [1.54, 1.807) is 6.08 Å². The fraction of sp³-hybridized carbons (Fsp3) is 0.0800. The molecule has 6 heteroatoms. The minimum atomic E-state index is -0.213. The third-order valence-corrected chi connectivity index (χ3v) is 5.59. The molecule has 1 amide bonds. The maximum absolute atomic E-state index is 11.9. The molecule has 0 radical (unpaired) electrons. The molecule has 1 atom stereocenters. The van der Waals surface area contributed by atoms with Crippen LogP contribution in [-0.2, 0) is 4.79 Å². The van der Waals surface area contributed by atoms with Crippen molar-refractivity contribution in [1.29, 1.82) is 0 Å². The Morgan fingerprint density at radius 2 is 1.58 bits per heavy atom. The standard InChI is InChI=1S/C25H20N4OS/c30-24-22(26-25(31)27-24)15-17-11-13-20(14-12-17)29-23(19-9-5-2-6-10-19)16-21(28-29)18-7-3-1-4-8-18/h1-15,23H,16H2,(H2,26,27,30,31)/b22-15+/t23-/m0/s1. The van der Waals surface area contributed by atoms with E-state index < -0.39 is 0 Å². The van der Waals surface area contributed by atoms with E-state index in [1.807, 2.05) is 48.5 Å². The van der Waals surface area contributed by atoms with Crippen molar-refractivity contribution in [2.75, 3.05) is 5.01 Å². The van der Waals surface area contributed by atoms with Gasteiger partial charge in [0.15, 0.2) is 5.11 Å². The van der Waals surface area contributed by atoms with E-state index in [0.717, 1.165) is 28.9 Å². The van der Waals surface area contributed by atoms with Gasteiger partial charge >= 0.3 is 0 Å². The monoisotopic (exact) mass is 424 g/mol. The molecule has 5 nitrogen and oxygen atoms in total. The van der Waals surface area contributed by atoms with Gasteiger partial charge in [0.1, 0.15) is 5.70 Å². The Bertz CT molecular complexity index is 1190. The number of hydrogen-bond donors (Lipinski definition) is 2. The van der Waals surface area contributed by atoms with Gasteiger partial charge in [0.05, 0.1) is 17.4 Å². The summed E-state index contributed by atoms with van der Waals surface area (Å²) in [4.78, 5) is 11.9. The van der Waals surface area contributed by atoms with Crippen LogP contribution >= 0.6 is 12.2 Å². The minimum Gasteiger partial charge on any atom is -0.328 e. The lowest BCUT2D eigenvalue weighted by Crippen LogP contribution is -2.21. The summed E-state index contributed by atoms with van der Waals surface area (Å²) in [5, 5.41) is 12.9. The Hall–Kier alpha value is -3.77. The summed E-state index contributed by atoms with van der Waals surface area (Å²) in [6.07, 6.45) is 2.62. The molecule has 5 rings (SSSR count). The first-order valence-electron chi connectivity index (χ1n) is 10.1. The van der Waals surface area contributed by atoms with E-state index >= 15 is 0 Å². The second-order valence-corrected chi connectivity index (χ2v) is 7.85. The number of carbonyl (C=O) groups is 1. The van der Waals surface area contributed by atoms with E-state index in [4.69, 9.17) is 17.3 Å². The van der Waals surface area contributed by atoms with Gasteiger partial charge in [-0.1, -0.05) is 72.8 Å². The highest BCUT2D eigenvalue weighted by Gasteiger charge is 2.29. The van der Waals surface area contributed by atoms with Gasteiger partial charge in [0.2, 0.25) is 0 Å². The smallest absolute Gasteiger partial charge is 0.273 e. The van der Waals surface area contributed by atoms with Crippen LogP contribution in [-0.4, -0.2) is 16.7 Å². The average molecular weight is 425 g/mol. The molecular formula is C25H20N4OS. The Balaban J connectivity index is 1.47. The average Bonchev–Trinajstić information content (AvgIpc) is 3.39. The number of hydrazone groups is 1. The first-order chi connectivity index (χ1) is 15.2. The van der Waals surface area contributed by atoms with Crippen LogP contribution in [0.5, 0.6) is 0 Å². The van der Waals surface area contributed by atoms with Crippen molar-refractivity contribution in [3.8, 4) is 0 Å². The van der Waals surface area contributed by atoms with Crippen molar-refractivity contribution < 1.29 is 4.79 Å². The Labute approximate surface area is 186 Å². The molecule has 2 aliphatic heterocycles. The van der Waals surface area contributed by atoms with Crippen LogP contribution in [0, 0.1) is 0 Å². The second-order valence-electron chi connectivity index (χ2n) is 7.45. The number of thiocarbonyl (C=S) groups is 1. The molecular weight excluding hydrogens is 404 g/mol. The van der Waals surface area contributed by atoms with E-state index in [1.165, 1.54) is 5.56 Å². The summed E-state index contributed by atoms with van der Waals surface area (Å²) in [6, 6.07) is 28.9. The van der Waals surface area contributed by atoms with Gasteiger partial charge < -0.3 is 5.32 Å². The van der Waals surface area contributed by atoms with Crippen LogP contribution in [0.4, 0.5) is 5.69 Å². The van der Waals surface area contributed by atoms with Crippen LogP contribution in [0.3, 0.4) is 0 Å². The van der Waals surface area contributed by atoms with Gasteiger partial charge in [0, 0.05) is 6.42 Å². The van der Waals surface area contributed by atoms with Gasteiger partial charge in [-0.2, -0.15) is 5.10 Å². The number of nitrogens with zero attached hydrogens (tertiary/aromatic N) is 2. The number of rotatable bonds is 4. The Morgan fingerprint density at radius 3 is 2.23 bits per heavy atom. The van der Waals surface area contributed by atoms with Crippen LogP contribution in [0.15, 0.2) is 95.7 Å². The zero-order valence-electron chi connectivity index (χ0n) is 16.7. The molecule has 0 unspecified atom stereocenters. The quantitative estimate of drug-likeness (QED) is 0.482. The predicted octanol–water partition coefficient (Wildman–Crippen LogP) is 4.39. The lowest BCUT2D eigenvalue weighted by atomic mass is 9.98. The number of carbonyl (C=O) groups excluding carboxylic acids is 1. The third-order valence-electron chi connectivity index (χ3n) is 5.39. The number of amides is 1. The van der Waals surface area contributed by atoms with Gasteiger partial charge in [-0.3, -0.25) is 15.1 Å². The number of anilines is 1. The van der Waals surface area contributed by atoms with E-state index in [0.29, 0.717) is 10.8 Å². The predicted molar refractivity (Wildman–Crippen MR) is 128 cm³/mol. The Morgan fingerprint density at radius 1 is 0.903 bits per heavy atom. The molecule has 152 valence electrons. The van der Waals surface area contributed by atoms with Crippen molar-refractivity contribution in [3.05, 3.63) is 107 Å². The lowest BCUT2D eigenvalue weighted by Gasteiger charge is -2.24. The molecule has 0 bridgehead atoms. The topological polar surface area (TPSA) is 56.7 Å². The SMILES string of the molecule is O=C1NC(=S)N/C1=C/c1ccc(N2N=C(c3ccccc3)C[C@H]2c2ccccc2)cc1. The van der Waals surface area contributed by atoms with Crippen LogP contribution < -0.4 is 15.6 Å². The van der Waals surface area contributed by atoms with Gasteiger partial charge in [-0.25, -0.2) is 0 Å². The first kappa shape index (κ1) is 19.2. The summed E-state index contributed by atoms with van der Waals surface area (Å²) in [5.41, 5.74) is 5.80. The largest absolute Gasteiger partial charge is 0.328 e. The van der Waals surface area contributed by atoms with Crippen LogP contribution in [0.2, 0.25) is 0 Å². The fourth-order valence-electron chi connectivity index (χ4n) is 3.86. The molecule has 2 aliphatic rings. The first-order valence-corrected chi connectivity index (χ1v) is 10.5. The van der Waals surface area contributed by atoms with E-state index in [2.05, 4.69) is 52.0 Å². The highest BCUT2D eigenvalue weighted by molar-refractivity contribution is 7.80. The minimum absolute atomic E-state index is 0.125. The van der Waals surface area contributed by atoms with Crippen molar-refractivity contribution in [2.45, 2.75) is 12.5 Å². The van der Waals surface area contributed by atoms with Crippen molar-refractivity contribution in [1.82, 2.24) is 10.6 Å². The summed E-state index contributed by atoms with van der Waals surface area (Å²) in [7, 11) is 0. The third kappa shape index (κ3) is 3.98.